The highest BCUT2D eigenvalue weighted by Gasteiger charge is 2.58. The molecule has 0 fully saturated rings. The van der Waals surface area contributed by atoms with Crippen LogP contribution in [0.3, 0.4) is 0 Å². The Morgan fingerprint density at radius 2 is 1.41 bits per heavy atom. The van der Waals surface area contributed by atoms with Crippen molar-refractivity contribution in [3.05, 3.63) is 0 Å². The van der Waals surface area contributed by atoms with Crippen LogP contribution in [0.1, 0.15) is 32.6 Å². The maximum atomic E-state index is 11.0. The number of hydrogen-bond donors (Lipinski definition) is 0. The predicted octanol–water partition coefficient (Wildman–Crippen LogP) is 4.11. The maximum absolute atomic E-state index is 11.0. The summed E-state index contributed by atoms with van der Waals surface area (Å²) < 4.78 is 73.6. The van der Waals surface area contributed by atoms with Crippen molar-refractivity contribution < 1.29 is 40.6 Å². The van der Waals surface area contributed by atoms with Gasteiger partial charge in [0.25, 0.3) is 0 Å². The van der Waals surface area contributed by atoms with Crippen molar-refractivity contribution >= 4 is 5.97 Å². The van der Waals surface area contributed by atoms with Gasteiger partial charge in [0.15, 0.2) is 0 Å². The summed E-state index contributed by atoms with van der Waals surface area (Å²) in [4.78, 5) is 13.0. The van der Waals surface area contributed by atoms with Crippen LogP contribution in [-0.2, 0) is 9.74 Å². The molecule has 0 radical (unpaired) electrons. The van der Waals surface area contributed by atoms with Crippen LogP contribution in [0.25, 0.3) is 0 Å². The first-order valence-electron chi connectivity index (χ1n) is 4.51. The Balaban J connectivity index is 0. The Morgan fingerprint density at radius 1 is 1.00 bits per heavy atom. The fourth-order valence-electron chi connectivity index (χ4n) is 0.558. The molecule has 0 amide bonds. The van der Waals surface area contributed by atoms with Crippen molar-refractivity contribution in [1.29, 1.82) is 0 Å². The Labute approximate surface area is 92.6 Å². The van der Waals surface area contributed by atoms with Gasteiger partial charge in [-0.25, -0.2) is 4.79 Å². The van der Waals surface area contributed by atoms with E-state index in [2.05, 4.69) is 4.94 Å². The molecule has 0 heterocycles. The molecule has 0 saturated heterocycles. The van der Waals surface area contributed by atoms with E-state index in [1.807, 2.05) is 6.92 Å². The molecule has 0 aliphatic carbocycles. The third-order valence-corrected chi connectivity index (χ3v) is 1.39. The standard InChI is InChI=1S/C6H11FO2.C2F6/c1-2-3-4-5-6(8)9-7;3-1(4,5)2(6,7)8/h2-5H2,1H3;. The third kappa shape index (κ3) is 11.2. The van der Waals surface area contributed by atoms with E-state index in [1.54, 1.807) is 0 Å². The molecule has 0 aromatic rings. The Kier molecular flexibility index (Phi) is 8.77. The van der Waals surface area contributed by atoms with Crippen LogP contribution >= 0.6 is 0 Å². The number of hydrogen-bond acceptors (Lipinski definition) is 2. The first-order chi connectivity index (χ1) is 7.56. The van der Waals surface area contributed by atoms with Gasteiger partial charge in [0.1, 0.15) is 0 Å². The second kappa shape index (κ2) is 8.13. The van der Waals surface area contributed by atoms with Crippen LogP contribution in [0.15, 0.2) is 0 Å². The molecule has 0 aromatic carbocycles. The second-order valence-electron chi connectivity index (χ2n) is 2.90. The monoisotopic (exact) mass is 272 g/mol. The summed E-state index contributed by atoms with van der Waals surface area (Å²) in [5.74, 6) is -0.761. The molecule has 0 saturated carbocycles. The average Bonchev–Trinajstić information content (AvgIpc) is 2.16. The Morgan fingerprint density at radius 3 is 1.65 bits per heavy atom. The number of rotatable bonds is 4. The third-order valence-electron chi connectivity index (χ3n) is 1.39. The molecular weight excluding hydrogens is 261 g/mol. The molecule has 2 nitrogen and oxygen atoms in total. The van der Waals surface area contributed by atoms with Gasteiger partial charge < -0.3 is 0 Å². The van der Waals surface area contributed by atoms with Crippen LogP contribution in [0.4, 0.5) is 30.9 Å². The topological polar surface area (TPSA) is 26.3 Å². The van der Waals surface area contributed by atoms with Gasteiger partial charge in [-0.1, -0.05) is 19.8 Å². The lowest BCUT2D eigenvalue weighted by molar-refractivity contribution is -0.339. The van der Waals surface area contributed by atoms with Gasteiger partial charge in [-0.05, 0) is 6.42 Å². The largest absolute Gasteiger partial charge is 0.487 e. The smallest absolute Gasteiger partial charge is 0.255 e. The van der Waals surface area contributed by atoms with Crippen molar-refractivity contribution in [3.8, 4) is 0 Å². The number of alkyl halides is 6. The molecule has 0 atom stereocenters. The quantitative estimate of drug-likeness (QED) is 0.568. The predicted molar refractivity (Wildman–Crippen MR) is 43.5 cm³/mol. The molecule has 0 bridgehead atoms. The van der Waals surface area contributed by atoms with E-state index in [9.17, 15) is 35.7 Å². The number of unbranched alkanes of at least 4 members (excludes halogenated alkanes) is 2. The van der Waals surface area contributed by atoms with Crippen molar-refractivity contribution in [2.45, 2.75) is 45.0 Å². The molecule has 0 aliphatic rings. The van der Waals surface area contributed by atoms with Crippen LogP contribution in [0.5, 0.6) is 0 Å². The first kappa shape index (κ1) is 18.3. The zero-order valence-electron chi connectivity index (χ0n) is 8.79. The van der Waals surface area contributed by atoms with Gasteiger partial charge in [0, 0.05) is 10.9 Å². The Bertz CT molecular complexity index is 197. The summed E-state index contributed by atoms with van der Waals surface area (Å²) in [7, 11) is 0. The molecule has 0 unspecified atom stereocenters. The maximum Gasteiger partial charge on any atom is 0.487 e. The highest BCUT2D eigenvalue weighted by molar-refractivity contribution is 5.68. The van der Waals surface area contributed by atoms with E-state index >= 15 is 0 Å². The summed E-state index contributed by atoms with van der Waals surface area (Å²) in [5.41, 5.74) is 0. The van der Waals surface area contributed by atoms with E-state index in [0.717, 1.165) is 19.3 Å². The van der Waals surface area contributed by atoms with E-state index in [4.69, 9.17) is 0 Å². The molecule has 9 heteroatoms. The van der Waals surface area contributed by atoms with Crippen molar-refractivity contribution in [3.63, 3.8) is 0 Å². The fourth-order valence-corrected chi connectivity index (χ4v) is 0.558. The van der Waals surface area contributed by atoms with Crippen LogP contribution in [-0.4, -0.2) is 18.3 Å². The molecule has 17 heavy (non-hydrogen) atoms. The van der Waals surface area contributed by atoms with E-state index in [0.29, 0.717) is 0 Å². The number of carbonyl (C=O) groups is 1. The number of halogens is 7. The van der Waals surface area contributed by atoms with Crippen molar-refractivity contribution in [2.24, 2.45) is 0 Å². The number of carbonyl (C=O) groups excluding carboxylic acids is 1. The zero-order chi connectivity index (χ0) is 14.1. The highest BCUT2D eigenvalue weighted by atomic mass is 19.5. The molecule has 0 spiro atoms. The van der Waals surface area contributed by atoms with Crippen molar-refractivity contribution in [1.82, 2.24) is 0 Å². The lowest BCUT2D eigenvalue weighted by atomic mass is 10.2. The molecule has 0 aromatic heterocycles. The summed E-state index contributed by atoms with van der Waals surface area (Å²) in [6.45, 7) is 2.01. The van der Waals surface area contributed by atoms with E-state index in [-0.39, 0.29) is 6.42 Å². The molecule has 0 rings (SSSR count). The van der Waals surface area contributed by atoms with Crippen molar-refractivity contribution in [2.75, 3.05) is 0 Å². The normalized spacial score (nSPS) is 11.5. The van der Waals surface area contributed by atoms with E-state index < -0.39 is 18.3 Å². The fraction of sp³-hybridized carbons (Fsp3) is 0.875. The van der Waals surface area contributed by atoms with Gasteiger partial charge in [-0.3, -0.25) is 4.94 Å². The minimum atomic E-state index is -6.06. The van der Waals surface area contributed by atoms with Crippen LogP contribution in [0, 0.1) is 0 Å². The van der Waals surface area contributed by atoms with Gasteiger partial charge in [0.2, 0.25) is 0 Å². The first-order valence-corrected chi connectivity index (χ1v) is 4.51. The molecule has 0 N–H and O–H groups in total. The van der Waals surface area contributed by atoms with E-state index in [1.165, 1.54) is 0 Å². The molecule has 0 aliphatic heterocycles. The summed E-state index contributed by atoms with van der Waals surface area (Å²) >= 11 is 0. The molecular formula is C8H11F7O2. The molecule has 104 valence electrons. The van der Waals surface area contributed by atoms with Gasteiger partial charge >= 0.3 is 18.3 Å². The lowest BCUT2D eigenvalue weighted by Crippen LogP contribution is -2.30. The van der Waals surface area contributed by atoms with Gasteiger partial charge in [-0.15, -0.1) is 0 Å². The van der Waals surface area contributed by atoms with Crippen LogP contribution < -0.4 is 0 Å². The highest BCUT2D eigenvalue weighted by Crippen LogP contribution is 2.35. The van der Waals surface area contributed by atoms with Crippen LogP contribution in [0.2, 0.25) is 0 Å². The summed E-state index contributed by atoms with van der Waals surface area (Å²) in [5, 5.41) is 0. The SMILES string of the molecule is CCCCCC(=O)OF.FC(F)(F)C(F)(F)F. The average molecular weight is 272 g/mol. The Hall–Kier alpha value is -1.02. The lowest BCUT2D eigenvalue weighted by Gasteiger charge is -2.08. The minimum Gasteiger partial charge on any atom is -0.255 e. The second-order valence-corrected chi connectivity index (χ2v) is 2.90. The summed E-state index contributed by atoms with van der Waals surface area (Å²) in [6, 6.07) is 0. The zero-order valence-corrected chi connectivity index (χ0v) is 8.79. The summed E-state index contributed by atoms with van der Waals surface area (Å²) in [6.07, 6.45) is -9.22. The minimum absolute atomic E-state index is 0.199. The van der Waals surface area contributed by atoms with Gasteiger partial charge in [-0.2, -0.15) is 26.3 Å². The van der Waals surface area contributed by atoms with Gasteiger partial charge in [0.05, 0.1) is 0 Å².